The number of amides is 2. The largest absolute Gasteiger partial charge is 0.383 e. The van der Waals surface area contributed by atoms with Gasteiger partial charge in [-0.3, -0.25) is 4.79 Å². The molecule has 0 unspecified atom stereocenters. The summed E-state index contributed by atoms with van der Waals surface area (Å²) in [6, 6.07) is 13.9. The van der Waals surface area contributed by atoms with E-state index in [-0.39, 0.29) is 17.6 Å². The van der Waals surface area contributed by atoms with Gasteiger partial charge in [0.15, 0.2) is 5.78 Å². The zero-order valence-electron chi connectivity index (χ0n) is 19.5. The molecule has 0 fully saturated rings. The van der Waals surface area contributed by atoms with Crippen molar-refractivity contribution in [3.05, 3.63) is 72.2 Å². The van der Waals surface area contributed by atoms with Crippen LogP contribution in [0.4, 0.5) is 27.7 Å². The first-order chi connectivity index (χ1) is 16.2. The molecule has 2 heterocycles. The maximum atomic E-state index is 13.4. The average Bonchev–Trinajstić information content (AvgIpc) is 3.20. The van der Waals surface area contributed by atoms with Gasteiger partial charge >= 0.3 is 6.03 Å². The molecule has 0 aliphatic heterocycles. The number of aromatic nitrogens is 3. The van der Waals surface area contributed by atoms with Crippen molar-refractivity contribution in [2.75, 3.05) is 35.4 Å². The van der Waals surface area contributed by atoms with Crippen LogP contribution >= 0.6 is 0 Å². The predicted molar refractivity (Wildman–Crippen MR) is 136 cm³/mol. The molecule has 34 heavy (non-hydrogen) atoms. The first-order valence-electron chi connectivity index (χ1n) is 10.9. The van der Waals surface area contributed by atoms with E-state index in [9.17, 15) is 9.59 Å². The van der Waals surface area contributed by atoms with Gasteiger partial charge in [-0.2, -0.15) is 0 Å². The zero-order chi connectivity index (χ0) is 24.4. The Morgan fingerprint density at radius 3 is 2.38 bits per heavy atom. The van der Waals surface area contributed by atoms with Gasteiger partial charge in [-0.05, 0) is 50.2 Å². The van der Waals surface area contributed by atoms with Gasteiger partial charge in [0.05, 0.1) is 10.9 Å². The third-order valence-electron chi connectivity index (χ3n) is 5.46. The predicted octanol–water partition coefficient (Wildman–Crippen LogP) is 4.54. The molecule has 0 aliphatic rings. The van der Waals surface area contributed by atoms with E-state index in [1.54, 1.807) is 30.5 Å². The van der Waals surface area contributed by atoms with Gasteiger partial charge in [0.1, 0.15) is 17.8 Å². The van der Waals surface area contributed by atoms with Gasteiger partial charge in [-0.25, -0.2) is 14.8 Å². The summed E-state index contributed by atoms with van der Waals surface area (Å²) >= 11 is 0. The van der Waals surface area contributed by atoms with Gasteiger partial charge in [-0.15, -0.1) is 0 Å². The molecule has 9 nitrogen and oxygen atoms in total. The number of carbonyl (C=O) groups excluding carboxylic acids is 2. The molecule has 4 rings (SSSR count). The lowest BCUT2D eigenvalue weighted by atomic mass is 10.0. The van der Waals surface area contributed by atoms with E-state index in [0.29, 0.717) is 33.5 Å². The van der Waals surface area contributed by atoms with Crippen LogP contribution in [-0.2, 0) is 0 Å². The fourth-order valence-corrected chi connectivity index (χ4v) is 3.70. The minimum Gasteiger partial charge on any atom is -0.383 e. The van der Waals surface area contributed by atoms with Crippen molar-refractivity contribution in [2.24, 2.45) is 0 Å². The molecule has 0 radical (unpaired) electrons. The summed E-state index contributed by atoms with van der Waals surface area (Å²) in [5.74, 6) is 0.0240. The number of nitrogens with zero attached hydrogens (tertiary/aromatic N) is 4. The standard InChI is InChI=1S/C25H27N7O2/c1-15(2)32-13-20(21-23(26)27-14-28-24(21)32)22(33)16-6-5-7-18(12-16)30-25(34)29-17-8-10-19(11-9-17)31(3)4/h5-15H,1-4H3,(H2,26,27,28)(H2,29,30,34). The van der Waals surface area contributed by atoms with E-state index in [4.69, 9.17) is 5.73 Å². The van der Waals surface area contributed by atoms with Gasteiger partial charge in [-0.1, -0.05) is 12.1 Å². The normalized spacial score (nSPS) is 11.0. The molecule has 0 atom stereocenters. The lowest BCUT2D eigenvalue weighted by molar-refractivity contribution is 0.104. The molecule has 2 aromatic carbocycles. The number of urea groups is 1. The highest BCUT2D eigenvalue weighted by Crippen LogP contribution is 2.29. The summed E-state index contributed by atoms with van der Waals surface area (Å²) in [6.07, 6.45) is 3.15. The number of nitrogens with one attached hydrogen (secondary N) is 2. The Labute approximate surface area is 197 Å². The molecule has 0 saturated heterocycles. The highest BCUT2D eigenvalue weighted by molar-refractivity contribution is 6.18. The number of nitrogen functional groups attached to an aromatic ring is 1. The summed E-state index contributed by atoms with van der Waals surface area (Å²) in [7, 11) is 3.90. The van der Waals surface area contributed by atoms with Gasteiger partial charge < -0.3 is 25.8 Å². The second-order valence-electron chi connectivity index (χ2n) is 8.43. The third-order valence-corrected chi connectivity index (χ3v) is 5.46. The third kappa shape index (κ3) is 4.54. The first kappa shape index (κ1) is 22.8. The molecule has 4 N–H and O–H groups in total. The minimum absolute atomic E-state index is 0.0850. The smallest absolute Gasteiger partial charge is 0.323 e. The average molecular weight is 458 g/mol. The van der Waals surface area contributed by atoms with Gasteiger partial charge in [0, 0.05) is 49.0 Å². The van der Waals surface area contributed by atoms with Crippen molar-refractivity contribution in [1.82, 2.24) is 14.5 Å². The van der Waals surface area contributed by atoms with Crippen molar-refractivity contribution in [2.45, 2.75) is 19.9 Å². The van der Waals surface area contributed by atoms with Gasteiger partial charge in [0.25, 0.3) is 0 Å². The number of ketones is 1. The van der Waals surface area contributed by atoms with Crippen LogP contribution < -0.4 is 21.3 Å². The highest BCUT2D eigenvalue weighted by Gasteiger charge is 2.21. The van der Waals surface area contributed by atoms with Crippen LogP contribution in [0, 0.1) is 0 Å². The van der Waals surface area contributed by atoms with E-state index in [2.05, 4.69) is 20.6 Å². The maximum Gasteiger partial charge on any atom is 0.323 e. The van der Waals surface area contributed by atoms with Crippen molar-refractivity contribution in [3.8, 4) is 0 Å². The summed E-state index contributed by atoms with van der Waals surface area (Å²) in [5.41, 5.74) is 9.72. The SMILES string of the molecule is CC(C)n1cc(C(=O)c2cccc(NC(=O)Nc3ccc(N(C)C)cc3)c2)c2c(N)ncnc21. The van der Waals surface area contributed by atoms with Crippen LogP contribution in [0.5, 0.6) is 0 Å². The monoisotopic (exact) mass is 457 g/mol. The fourth-order valence-electron chi connectivity index (χ4n) is 3.70. The maximum absolute atomic E-state index is 13.4. The van der Waals surface area contributed by atoms with Crippen LogP contribution in [0.15, 0.2) is 61.1 Å². The van der Waals surface area contributed by atoms with E-state index < -0.39 is 6.03 Å². The molecular formula is C25H27N7O2. The van der Waals surface area contributed by atoms with Crippen molar-refractivity contribution in [3.63, 3.8) is 0 Å². The van der Waals surface area contributed by atoms with Crippen LogP contribution in [0.25, 0.3) is 11.0 Å². The molecule has 2 amide bonds. The van der Waals surface area contributed by atoms with Crippen LogP contribution in [0.3, 0.4) is 0 Å². The van der Waals surface area contributed by atoms with E-state index in [0.717, 1.165) is 5.69 Å². The summed E-state index contributed by atoms with van der Waals surface area (Å²) in [6.45, 7) is 4.01. The summed E-state index contributed by atoms with van der Waals surface area (Å²) in [5, 5.41) is 6.10. The van der Waals surface area contributed by atoms with E-state index in [1.807, 2.05) is 61.7 Å². The number of nitrogens with two attached hydrogens (primary N) is 1. The molecule has 0 aliphatic carbocycles. The molecule has 174 valence electrons. The topological polar surface area (TPSA) is 118 Å². The number of benzene rings is 2. The fraction of sp³-hybridized carbons (Fsp3) is 0.200. The van der Waals surface area contributed by atoms with Crippen molar-refractivity contribution < 1.29 is 9.59 Å². The Morgan fingerprint density at radius 1 is 1.00 bits per heavy atom. The molecule has 2 aromatic heterocycles. The number of anilines is 4. The summed E-state index contributed by atoms with van der Waals surface area (Å²) in [4.78, 5) is 36.3. The van der Waals surface area contributed by atoms with Gasteiger partial charge in [0.2, 0.25) is 0 Å². The number of hydrogen-bond acceptors (Lipinski definition) is 6. The Kier molecular flexibility index (Phi) is 6.18. The molecule has 4 aromatic rings. The van der Waals surface area contributed by atoms with Crippen LogP contribution in [0.1, 0.15) is 35.8 Å². The minimum atomic E-state index is -0.406. The molecular weight excluding hydrogens is 430 g/mol. The van der Waals surface area contributed by atoms with E-state index in [1.165, 1.54) is 6.33 Å². The number of carbonyl (C=O) groups is 2. The number of hydrogen-bond donors (Lipinski definition) is 3. The molecule has 0 saturated carbocycles. The van der Waals surface area contributed by atoms with Crippen LogP contribution in [-0.4, -0.2) is 40.4 Å². The quantitative estimate of drug-likeness (QED) is 0.366. The Bertz CT molecular complexity index is 1360. The zero-order valence-corrected chi connectivity index (χ0v) is 19.5. The molecule has 0 bridgehead atoms. The molecule has 0 spiro atoms. The van der Waals surface area contributed by atoms with Crippen LogP contribution in [0.2, 0.25) is 0 Å². The van der Waals surface area contributed by atoms with Crippen molar-refractivity contribution in [1.29, 1.82) is 0 Å². The second kappa shape index (κ2) is 9.22. The number of rotatable bonds is 6. The highest BCUT2D eigenvalue weighted by atomic mass is 16.2. The Morgan fingerprint density at radius 2 is 1.71 bits per heavy atom. The van der Waals surface area contributed by atoms with E-state index >= 15 is 0 Å². The Balaban J connectivity index is 1.56. The Hall–Kier alpha value is -4.40. The lowest BCUT2D eigenvalue weighted by Crippen LogP contribution is -2.19. The number of fused-ring (bicyclic) bond motifs is 1. The first-order valence-corrected chi connectivity index (χ1v) is 10.9. The lowest BCUT2D eigenvalue weighted by Gasteiger charge is -2.13. The molecule has 9 heteroatoms. The van der Waals surface area contributed by atoms with Crippen molar-refractivity contribution >= 4 is 45.7 Å². The second-order valence-corrected chi connectivity index (χ2v) is 8.43. The summed E-state index contributed by atoms with van der Waals surface area (Å²) < 4.78 is 1.90.